The predicted molar refractivity (Wildman–Crippen MR) is 116 cm³/mol. The topological polar surface area (TPSA) is 95.6 Å². The SMILES string of the molecule is CC(C)(C)NS(=O)(=O)c1cccc(C(=O)NCc2ccc(N3CCCC3=O)cc2)c1. The molecule has 2 aromatic rings. The van der Waals surface area contributed by atoms with Gasteiger partial charge in [-0.1, -0.05) is 18.2 Å². The molecule has 3 rings (SSSR count). The Balaban J connectivity index is 1.65. The van der Waals surface area contributed by atoms with Crippen molar-refractivity contribution >= 4 is 27.5 Å². The Morgan fingerprint density at radius 2 is 1.80 bits per heavy atom. The van der Waals surface area contributed by atoms with Crippen molar-refractivity contribution in [2.24, 2.45) is 0 Å². The third kappa shape index (κ3) is 5.46. The molecular weight excluding hydrogens is 402 g/mol. The molecule has 7 nitrogen and oxygen atoms in total. The number of nitrogens with one attached hydrogen (secondary N) is 2. The van der Waals surface area contributed by atoms with Crippen molar-refractivity contribution in [2.45, 2.75) is 50.6 Å². The molecule has 160 valence electrons. The lowest BCUT2D eigenvalue weighted by molar-refractivity contribution is -0.117. The largest absolute Gasteiger partial charge is 0.348 e. The maximum Gasteiger partial charge on any atom is 0.251 e. The van der Waals surface area contributed by atoms with Crippen LogP contribution in [-0.2, 0) is 21.4 Å². The molecule has 30 heavy (non-hydrogen) atoms. The van der Waals surface area contributed by atoms with E-state index in [1.165, 1.54) is 12.1 Å². The fraction of sp³-hybridized carbons (Fsp3) is 0.364. The number of carbonyl (C=O) groups is 2. The summed E-state index contributed by atoms with van der Waals surface area (Å²) in [6.07, 6.45) is 1.45. The number of sulfonamides is 1. The molecular formula is C22H27N3O4S. The minimum Gasteiger partial charge on any atom is -0.348 e. The number of benzene rings is 2. The van der Waals surface area contributed by atoms with Gasteiger partial charge in [-0.15, -0.1) is 0 Å². The lowest BCUT2D eigenvalue weighted by atomic mass is 10.1. The van der Waals surface area contributed by atoms with Crippen molar-refractivity contribution in [3.8, 4) is 0 Å². The maximum absolute atomic E-state index is 12.5. The molecule has 0 aliphatic carbocycles. The molecule has 8 heteroatoms. The van der Waals surface area contributed by atoms with Gasteiger partial charge in [0.2, 0.25) is 15.9 Å². The highest BCUT2D eigenvalue weighted by molar-refractivity contribution is 7.89. The fourth-order valence-electron chi connectivity index (χ4n) is 3.27. The molecule has 0 aromatic heterocycles. The summed E-state index contributed by atoms with van der Waals surface area (Å²) < 4.78 is 27.6. The zero-order chi connectivity index (χ0) is 21.9. The minimum absolute atomic E-state index is 0.0460. The number of carbonyl (C=O) groups excluding carboxylic acids is 2. The first-order chi connectivity index (χ1) is 14.0. The van der Waals surface area contributed by atoms with E-state index in [1.54, 1.807) is 37.8 Å². The van der Waals surface area contributed by atoms with E-state index in [0.717, 1.165) is 24.2 Å². The van der Waals surface area contributed by atoms with Gasteiger partial charge in [0.15, 0.2) is 0 Å². The Morgan fingerprint density at radius 3 is 2.40 bits per heavy atom. The third-order valence-electron chi connectivity index (χ3n) is 4.62. The minimum atomic E-state index is -3.72. The normalized spacial score (nSPS) is 14.8. The van der Waals surface area contributed by atoms with Crippen LogP contribution < -0.4 is 14.9 Å². The second-order valence-electron chi connectivity index (χ2n) is 8.38. The van der Waals surface area contributed by atoms with E-state index in [4.69, 9.17) is 0 Å². The number of hydrogen-bond acceptors (Lipinski definition) is 4. The maximum atomic E-state index is 12.5. The van der Waals surface area contributed by atoms with E-state index >= 15 is 0 Å². The second kappa shape index (κ2) is 8.57. The molecule has 0 bridgehead atoms. The average Bonchev–Trinajstić information content (AvgIpc) is 3.11. The van der Waals surface area contributed by atoms with Crippen molar-refractivity contribution in [2.75, 3.05) is 11.4 Å². The van der Waals surface area contributed by atoms with Gasteiger partial charge < -0.3 is 10.2 Å². The summed E-state index contributed by atoms with van der Waals surface area (Å²) in [5.41, 5.74) is 1.39. The monoisotopic (exact) mass is 429 g/mol. The highest BCUT2D eigenvalue weighted by atomic mass is 32.2. The quantitative estimate of drug-likeness (QED) is 0.738. The Kier molecular flexibility index (Phi) is 6.28. The number of nitrogens with zero attached hydrogens (tertiary/aromatic N) is 1. The van der Waals surface area contributed by atoms with E-state index in [2.05, 4.69) is 10.0 Å². The predicted octanol–water partition coefficient (Wildman–Crippen LogP) is 2.82. The summed E-state index contributed by atoms with van der Waals surface area (Å²) in [6, 6.07) is 13.4. The highest BCUT2D eigenvalue weighted by Gasteiger charge is 2.23. The summed E-state index contributed by atoms with van der Waals surface area (Å²) in [6.45, 7) is 6.30. The van der Waals surface area contributed by atoms with Crippen molar-refractivity contribution < 1.29 is 18.0 Å². The Morgan fingerprint density at radius 1 is 1.10 bits per heavy atom. The van der Waals surface area contributed by atoms with E-state index < -0.39 is 15.6 Å². The van der Waals surface area contributed by atoms with Crippen molar-refractivity contribution in [1.29, 1.82) is 0 Å². The van der Waals surface area contributed by atoms with Crippen LogP contribution in [0.2, 0.25) is 0 Å². The molecule has 0 unspecified atom stereocenters. The van der Waals surface area contributed by atoms with Gasteiger partial charge in [0.25, 0.3) is 5.91 Å². The summed E-state index contributed by atoms with van der Waals surface area (Å²) in [7, 11) is -3.72. The third-order valence-corrected chi connectivity index (χ3v) is 6.38. The molecule has 2 aromatic carbocycles. The summed E-state index contributed by atoms with van der Waals surface area (Å²) >= 11 is 0. The highest BCUT2D eigenvalue weighted by Crippen LogP contribution is 2.21. The van der Waals surface area contributed by atoms with Crippen LogP contribution in [0, 0.1) is 0 Å². The van der Waals surface area contributed by atoms with E-state index in [0.29, 0.717) is 13.0 Å². The van der Waals surface area contributed by atoms with Crippen LogP contribution in [0.3, 0.4) is 0 Å². The lowest BCUT2D eigenvalue weighted by Crippen LogP contribution is -2.40. The molecule has 0 atom stereocenters. The molecule has 1 heterocycles. The van der Waals surface area contributed by atoms with E-state index in [1.807, 2.05) is 24.3 Å². The van der Waals surface area contributed by atoms with Gasteiger partial charge >= 0.3 is 0 Å². The van der Waals surface area contributed by atoms with Gasteiger partial charge in [0.1, 0.15) is 0 Å². The lowest BCUT2D eigenvalue weighted by Gasteiger charge is -2.20. The Bertz CT molecular complexity index is 1040. The van der Waals surface area contributed by atoms with Crippen LogP contribution in [0.25, 0.3) is 0 Å². The molecule has 1 aliphatic rings. The van der Waals surface area contributed by atoms with Crippen molar-refractivity contribution in [3.05, 3.63) is 59.7 Å². The second-order valence-corrected chi connectivity index (χ2v) is 10.1. The van der Waals surface area contributed by atoms with Crippen molar-refractivity contribution in [1.82, 2.24) is 10.0 Å². The van der Waals surface area contributed by atoms with E-state index in [9.17, 15) is 18.0 Å². The van der Waals surface area contributed by atoms with Crippen LogP contribution in [0.5, 0.6) is 0 Å². The van der Waals surface area contributed by atoms with Crippen LogP contribution in [0.15, 0.2) is 53.4 Å². The molecule has 1 saturated heterocycles. The first-order valence-corrected chi connectivity index (χ1v) is 11.3. The first-order valence-electron chi connectivity index (χ1n) is 9.87. The molecule has 2 amide bonds. The molecule has 0 radical (unpaired) electrons. The van der Waals surface area contributed by atoms with Crippen molar-refractivity contribution in [3.63, 3.8) is 0 Å². The van der Waals surface area contributed by atoms with Gasteiger partial charge in [-0.3, -0.25) is 9.59 Å². The fourth-order valence-corrected chi connectivity index (χ4v) is 4.73. The number of amides is 2. The van der Waals surface area contributed by atoms with Gasteiger partial charge in [-0.05, 0) is 63.1 Å². The first kappa shape index (κ1) is 22.0. The molecule has 1 fully saturated rings. The summed E-state index contributed by atoms with van der Waals surface area (Å²) in [4.78, 5) is 26.2. The molecule has 1 aliphatic heterocycles. The Hall–Kier alpha value is -2.71. The van der Waals surface area contributed by atoms with Crippen LogP contribution >= 0.6 is 0 Å². The van der Waals surface area contributed by atoms with Crippen LogP contribution in [-0.4, -0.2) is 32.3 Å². The molecule has 0 saturated carbocycles. The number of rotatable bonds is 6. The summed E-state index contributed by atoms with van der Waals surface area (Å²) in [5.74, 6) is -0.228. The van der Waals surface area contributed by atoms with Gasteiger partial charge in [-0.25, -0.2) is 13.1 Å². The zero-order valence-corrected chi connectivity index (χ0v) is 18.3. The molecule has 2 N–H and O–H groups in total. The summed E-state index contributed by atoms with van der Waals surface area (Å²) in [5, 5.41) is 2.81. The Labute approximate surface area is 177 Å². The van der Waals surface area contributed by atoms with Gasteiger partial charge in [0.05, 0.1) is 4.90 Å². The number of hydrogen-bond donors (Lipinski definition) is 2. The zero-order valence-electron chi connectivity index (χ0n) is 17.4. The van der Waals surface area contributed by atoms with Gasteiger partial charge in [-0.2, -0.15) is 0 Å². The van der Waals surface area contributed by atoms with Crippen LogP contribution in [0.4, 0.5) is 5.69 Å². The molecule has 0 spiro atoms. The van der Waals surface area contributed by atoms with Crippen LogP contribution in [0.1, 0.15) is 49.5 Å². The standard InChI is InChI=1S/C22H27N3O4S/c1-22(2,3)24-30(28,29)19-7-4-6-17(14-19)21(27)23-15-16-9-11-18(12-10-16)25-13-5-8-20(25)26/h4,6-7,9-12,14,24H,5,8,13,15H2,1-3H3,(H,23,27). The van der Waals surface area contributed by atoms with Gasteiger partial charge in [0, 0.05) is 36.3 Å². The number of anilines is 1. The van der Waals surface area contributed by atoms with E-state index in [-0.39, 0.29) is 22.3 Å². The average molecular weight is 430 g/mol. The smallest absolute Gasteiger partial charge is 0.251 e.